The third kappa shape index (κ3) is 20.8. The number of hydrogen-bond donors (Lipinski definition) is 0. The molecule has 392 valence electrons. The Bertz CT molecular complexity index is 3490. The molecular formula is C64H48N8O8. The Kier molecular flexibility index (Phi) is 25.1. The number of hydrogen-bond acceptors (Lipinski definition) is 16. The summed E-state index contributed by atoms with van der Waals surface area (Å²) in [6.45, 7) is 3.77. The van der Waals surface area contributed by atoms with Gasteiger partial charge in [0.25, 0.3) is 0 Å². The van der Waals surface area contributed by atoms with Gasteiger partial charge in [-0.15, -0.1) is 0 Å². The van der Waals surface area contributed by atoms with E-state index in [-0.39, 0.29) is 0 Å². The van der Waals surface area contributed by atoms with E-state index in [1.54, 1.807) is 72.8 Å². The van der Waals surface area contributed by atoms with Crippen LogP contribution in [-0.2, 0) is 70.5 Å². The minimum absolute atomic E-state index is 0.592. The largest absolute Gasteiger partial charge is 0.240 e. The van der Waals surface area contributed by atoms with Gasteiger partial charge < -0.3 is 0 Å². The van der Waals surface area contributed by atoms with E-state index in [2.05, 4.69) is 39.9 Å². The van der Waals surface area contributed by atoms with E-state index in [9.17, 15) is 38.4 Å². The average Bonchev–Trinajstić information content (AvgIpc) is 3.48. The van der Waals surface area contributed by atoms with Crippen molar-refractivity contribution in [1.29, 1.82) is 0 Å². The minimum Gasteiger partial charge on any atom is -0.211 e. The molecule has 0 aliphatic rings. The Morgan fingerprint density at radius 2 is 0.487 bits per heavy atom. The number of isocyanates is 8. The first kappa shape index (κ1) is 59.7. The first-order valence-corrected chi connectivity index (χ1v) is 24.5. The van der Waals surface area contributed by atoms with Gasteiger partial charge in [-0.3, -0.25) is 0 Å². The zero-order valence-corrected chi connectivity index (χ0v) is 43.4. The zero-order valence-electron chi connectivity index (χ0n) is 43.4. The maximum atomic E-state index is 10.3. The smallest absolute Gasteiger partial charge is 0.211 e. The first-order valence-electron chi connectivity index (χ1n) is 24.5. The molecule has 8 aromatic rings. The normalized spacial score (nSPS) is 9.43. The molecule has 0 bridgehead atoms. The van der Waals surface area contributed by atoms with Crippen LogP contribution in [0.5, 0.6) is 0 Å². The summed E-state index contributed by atoms with van der Waals surface area (Å²) in [5.74, 6) is 0. The van der Waals surface area contributed by atoms with Crippen molar-refractivity contribution in [2.45, 2.75) is 52.4 Å². The molecule has 0 amide bonds. The molecule has 8 aromatic carbocycles. The fourth-order valence-corrected chi connectivity index (χ4v) is 7.68. The number of aliphatic imine (C=N–C) groups is 8. The Hall–Kier alpha value is -11.2. The standard InChI is InChI=1S/C17H14N2O2.2C16H12N2O2.C15H10N2O2/c20-12-18-16-8-4-14(5-9-16)2-1-3-15-6-10-17(11-7-15)19-13-21;1-11-7-13(3-5-15(11)17-9-19)14-4-6-16(18-10-20)12(2)8-14;19-11-17-15-7-3-13(4-8-15)1-2-14-5-9-16(10-6-14)18-12-20;18-10-16-14-5-1-12(2-6-14)9-13-3-7-15(8-4-13)17-11-19/h4-11H,1-3H2;3-8H,1-2H3;3-10H,1-2H2;1-8H,9H2. The molecule has 0 atom stereocenters. The van der Waals surface area contributed by atoms with E-state index in [0.717, 1.165) is 71.9 Å². The fourth-order valence-electron chi connectivity index (χ4n) is 7.68. The highest BCUT2D eigenvalue weighted by Gasteiger charge is 2.06. The van der Waals surface area contributed by atoms with Gasteiger partial charge in [-0.05, 0) is 205 Å². The Morgan fingerprint density at radius 1 is 0.263 bits per heavy atom. The molecule has 80 heavy (non-hydrogen) atoms. The van der Waals surface area contributed by atoms with Crippen molar-refractivity contribution in [3.8, 4) is 11.1 Å². The van der Waals surface area contributed by atoms with Gasteiger partial charge in [-0.25, -0.2) is 38.4 Å². The van der Waals surface area contributed by atoms with Crippen molar-refractivity contribution in [3.05, 3.63) is 226 Å². The molecule has 0 heterocycles. The topological polar surface area (TPSA) is 235 Å². The lowest BCUT2D eigenvalue weighted by atomic mass is 10.00. The highest BCUT2D eigenvalue weighted by atomic mass is 16.1. The quantitative estimate of drug-likeness (QED) is 0.0590. The van der Waals surface area contributed by atoms with E-state index in [1.807, 2.05) is 135 Å². The predicted octanol–water partition coefficient (Wildman–Crippen LogP) is 14.3. The van der Waals surface area contributed by atoms with Crippen molar-refractivity contribution in [2.75, 3.05) is 0 Å². The summed E-state index contributed by atoms with van der Waals surface area (Å²) < 4.78 is 0. The molecule has 0 fully saturated rings. The molecule has 0 N–H and O–H groups in total. The molecule has 0 unspecified atom stereocenters. The number of carbonyl (C=O) groups excluding carboxylic acids is 8. The van der Waals surface area contributed by atoms with Gasteiger partial charge in [0.05, 0.1) is 45.5 Å². The molecule has 16 heteroatoms. The van der Waals surface area contributed by atoms with E-state index in [0.29, 0.717) is 45.5 Å². The van der Waals surface area contributed by atoms with Crippen molar-refractivity contribution < 1.29 is 38.4 Å². The van der Waals surface area contributed by atoms with E-state index >= 15 is 0 Å². The third-order valence-corrected chi connectivity index (χ3v) is 11.8. The van der Waals surface area contributed by atoms with Gasteiger partial charge in [0, 0.05) is 0 Å². The van der Waals surface area contributed by atoms with Crippen LogP contribution in [0.1, 0.15) is 50.9 Å². The zero-order chi connectivity index (χ0) is 57.2. The molecule has 16 nitrogen and oxygen atoms in total. The van der Waals surface area contributed by atoms with Gasteiger partial charge in [-0.2, -0.15) is 39.9 Å². The van der Waals surface area contributed by atoms with Crippen LogP contribution in [0.15, 0.2) is 222 Å². The van der Waals surface area contributed by atoms with Gasteiger partial charge in [0.1, 0.15) is 0 Å². The third-order valence-electron chi connectivity index (χ3n) is 11.8. The summed E-state index contributed by atoms with van der Waals surface area (Å²) in [6.07, 6.45) is 17.6. The Morgan fingerprint density at radius 3 is 0.713 bits per heavy atom. The van der Waals surface area contributed by atoms with Crippen LogP contribution < -0.4 is 0 Å². The Labute approximate surface area is 460 Å². The maximum absolute atomic E-state index is 10.3. The molecule has 0 aliphatic heterocycles. The minimum atomic E-state index is 0.592. The van der Waals surface area contributed by atoms with Gasteiger partial charge >= 0.3 is 0 Å². The lowest BCUT2D eigenvalue weighted by Crippen LogP contribution is -1.90. The van der Waals surface area contributed by atoms with Gasteiger partial charge in [0.15, 0.2) is 0 Å². The second-order valence-corrected chi connectivity index (χ2v) is 17.2. The van der Waals surface area contributed by atoms with Crippen LogP contribution in [-0.4, -0.2) is 48.6 Å². The number of aryl methyl sites for hydroxylation is 6. The lowest BCUT2D eigenvalue weighted by molar-refractivity contribution is 0.564. The SMILES string of the molecule is Cc1cc(-c2ccc(N=C=O)c(C)c2)ccc1N=C=O.O=C=Nc1ccc(CCCc2ccc(N=C=O)cc2)cc1.O=C=Nc1ccc(CCc2ccc(N=C=O)cc2)cc1.O=C=Nc1ccc(Cc2ccc(N=C=O)cc2)cc1. The van der Waals surface area contributed by atoms with E-state index in [1.165, 1.54) is 58.7 Å². The molecular weight excluding hydrogens is 1010 g/mol. The van der Waals surface area contributed by atoms with Crippen LogP contribution >= 0.6 is 0 Å². The molecule has 0 spiro atoms. The average molecular weight is 1060 g/mol. The Balaban J connectivity index is 0.000000196. The van der Waals surface area contributed by atoms with Gasteiger partial charge in [0.2, 0.25) is 48.6 Å². The van der Waals surface area contributed by atoms with Crippen LogP contribution in [0, 0.1) is 13.8 Å². The maximum Gasteiger partial charge on any atom is 0.240 e. The highest BCUT2D eigenvalue weighted by Crippen LogP contribution is 2.30. The summed E-state index contributed by atoms with van der Waals surface area (Å²) >= 11 is 0. The summed E-state index contributed by atoms with van der Waals surface area (Å²) in [5.41, 5.74) is 15.7. The molecule has 0 saturated heterocycles. The van der Waals surface area contributed by atoms with Crippen LogP contribution in [0.4, 0.5) is 45.5 Å². The summed E-state index contributed by atoms with van der Waals surface area (Å²) in [5, 5.41) is 0. The second-order valence-electron chi connectivity index (χ2n) is 17.2. The lowest BCUT2D eigenvalue weighted by Gasteiger charge is -2.07. The summed E-state index contributed by atoms with van der Waals surface area (Å²) in [7, 11) is 0. The van der Waals surface area contributed by atoms with E-state index in [4.69, 9.17) is 0 Å². The second kappa shape index (κ2) is 33.7. The highest BCUT2D eigenvalue weighted by molar-refractivity contribution is 5.71. The van der Waals surface area contributed by atoms with E-state index < -0.39 is 0 Å². The molecule has 0 saturated carbocycles. The van der Waals surface area contributed by atoms with Crippen LogP contribution in [0.3, 0.4) is 0 Å². The molecule has 0 aliphatic carbocycles. The van der Waals surface area contributed by atoms with Crippen LogP contribution in [0.25, 0.3) is 11.1 Å². The number of benzene rings is 8. The fraction of sp³-hybridized carbons (Fsp3) is 0.125. The van der Waals surface area contributed by atoms with Crippen molar-refractivity contribution in [1.82, 2.24) is 0 Å². The van der Waals surface area contributed by atoms with Crippen molar-refractivity contribution >= 4 is 94.1 Å². The molecule has 8 rings (SSSR count). The van der Waals surface area contributed by atoms with Crippen LogP contribution in [0.2, 0.25) is 0 Å². The van der Waals surface area contributed by atoms with Crippen molar-refractivity contribution in [2.24, 2.45) is 39.9 Å². The number of nitrogens with zero attached hydrogens (tertiary/aromatic N) is 8. The van der Waals surface area contributed by atoms with Crippen molar-refractivity contribution in [3.63, 3.8) is 0 Å². The predicted molar refractivity (Wildman–Crippen MR) is 304 cm³/mol. The first-order chi connectivity index (χ1) is 39.1. The summed E-state index contributed by atoms with van der Waals surface area (Å²) in [4.78, 5) is 110. The monoisotopic (exact) mass is 1060 g/mol. The molecule has 0 radical (unpaired) electrons. The summed E-state index contributed by atoms with van der Waals surface area (Å²) in [6, 6.07) is 56.0. The molecule has 0 aromatic heterocycles. The number of rotatable bonds is 18. The van der Waals surface area contributed by atoms with Gasteiger partial charge in [-0.1, -0.05) is 84.9 Å².